The summed E-state index contributed by atoms with van der Waals surface area (Å²) in [7, 11) is 1.95. The Bertz CT molecular complexity index is 511. The molecule has 2 rings (SSSR count). The summed E-state index contributed by atoms with van der Waals surface area (Å²) in [5, 5.41) is 10.1. The van der Waals surface area contributed by atoms with E-state index in [1.807, 2.05) is 17.8 Å². The second kappa shape index (κ2) is 5.36. The molecule has 0 bridgehead atoms. The number of hydrogen-bond acceptors (Lipinski definition) is 2. The number of imidazole rings is 1. The largest absolute Gasteiger partial charge is 0.392 e. The molecule has 3 heteroatoms. The fourth-order valence-electron chi connectivity index (χ4n) is 2.34. The first-order valence-corrected chi connectivity index (χ1v) is 6.26. The van der Waals surface area contributed by atoms with Crippen LogP contribution in [0.25, 0.3) is 0 Å². The zero-order valence-electron chi connectivity index (χ0n) is 11.2. The molecule has 1 N–H and O–H groups in total. The average molecular weight is 244 g/mol. The van der Waals surface area contributed by atoms with Crippen LogP contribution in [0, 0.1) is 13.8 Å². The first kappa shape index (κ1) is 12.8. The molecule has 1 unspecified atom stereocenters. The highest BCUT2D eigenvalue weighted by Crippen LogP contribution is 2.12. The highest BCUT2D eigenvalue weighted by molar-refractivity contribution is 5.29. The molecule has 0 saturated heterocycles. The topological polar surface area (TPSA) is 38.1 Å². The van der Waals surface area contributed by atoms with Crippen molar-refractivity contribution in [2.45, 2.75) is 32.8 Å². The van der Waals surface area contributed by atoms with Gasteiger partial charge in [-0.3, -0.25) is 0 Å². The molecule has 1 heterocycles. The van der Waals surface area contributed by atoms with Gasteiger partial charge >= 0.3 is 0 Å². The molecule has 1 aromatic heterocycles. The predicted octanol–water partition coefficient (Wildman–Crippen LogP) is 2.18. The van der Waals surface area contributed by atoms with Gasteiger partial charge < -0.3 is 9.67 Å². The monoisotopic (exact) mass is 244 g/mol. The summed E-state index contributed by atoms with van der Waals surface area (Å²) < 4.78 is 1.95. The van der Waals surface area contributed by atoms with Gasteiger partial charge in [-0.2, -0.15) is 0 Å². The van der Waals surface area contributed by atoms with Gasteiger partial charge in [0.15, 0.2) is 0 Å². The Morgan fingerprint density at radius 1 is 1.17 bits per heavy atom. The van der Waals surface area contributed by atoms with Crippen LogP contribution in [-0.2, 0) is 19.9 Å². The van der Waals surface area contributed by atoms with Gasteiger partial charge in [-0.05, 0) is 25.8 Å². The second-order valence-corrected chi connectivity index (χ2v) is 5.01. The normalized spacial score (nSPS) is 12.7. The quantitative estimate of drug-likeness (QED) is 0.895. The van der Waals surface area contributed by atoms with Crippen LogP contribution in [0.5, 0.6) is 0 Å². The van der Waals surface area contributed by atoms with Crippen LogP contribution in [0.3, 0.4) is 0 Å². The molecule has 18 heavy (non-hydrogen) atoms. The zero-order chi connectivity index (χ0) is 13.1. The van der Waals surface area contributed by atoms with E-state index in [2.05, 4.69) is 37.0 Å². The van der Waals surface area contributed by atoms with Crippen LogP contribution < -0.4 is 0 Å². The minimum Gasteiger partial charge on any atom is -0.392 e. The van der Waals surface area contributed by atoms with Gasteiger partial charge in [-0.1, -0.05) is 29.3 Å². The lowest BCUT2D eigenvalue weighted by atomic mass is 10.0. The van der Waals surface area contributed by atoms with Crippen LogP contribution in [0.1, 0.15) is 22.5 Å². The summed E-state index contributed by atoms with van der Waals surface area (Å²) in [6.45, 7) is 4.17. The van der Waals surface area contributed by atoms with Gasteiger partial charge in [-0.25, -0.2) is 4.98 Å². The number of aromatic nitrogens is 2. The van der Waals surface area contributed by atoms with Crippen molar-refractivity contribution in [1.29, 1.82) is 0 Å². The maximum Gasteiger partial charge on any atom is 0.110 e. The van der Waals surface area contributed by atoms with E-state index in [0.717, 1.165) is 5.82 Å². The molecular formula is C15H20N2O. The van der Waals surface area contributed by atoms with Crippen molar-refractivity contribution in [2.75, 3.05) is 0 Å². The molecule has 0 aliphatic rings. The van der Waals surface area contributed by atoms with Crippen LogP contribution in [0.4, 0.5) is 0 Å². The number of nitrogens with zero attached hydrogens (tertiary/aromatic N) is 2. The highest BCUT2D eigenvalue weighted by atomic mass is 16.3. The average Bonchev–Trinajstić information content (AvgIpc) is 2.62. The molecule has 96 valence electrons. The Labute approximate surface area is 108 Å². The number of benzene rings is 1. The molecule has 0 amide bonds. The maximum atomic E-state index is 10.1. The SMILES string of the molecule is Cc1cc(C)cc(CC(O)Cc2nccn2C)c1. The standard InChI is InChI=1S/C15H20N2O/c1-11-6-12(2)8-13(7-11)9-14(18)10-15-16-4-5-17(15)3/h4-8,14,18H,9-10H2,1-3H3. The Hall–Kier alpha value is -1.61. The predicted molar refractivity (Wildman–Crippen MR) is 72.5 cm³/mol. The molecule has 0 saturated carbocycles. The third kappa shape index (κ3) is 3.20. The molecule has 1 aromatic carbocycles. The van der Waals surface area contributed by atoms with Gasteiger partial charge in [-0.15, -0.1) is 0 Å². The fourth-order valence-corrected chi connectivity index (χ4v) is 2.34. The number of rotatable bonds is 4. The molecule has 0 aliphatic heterocycles. The first-order valence-electron chi connectivity index (χ1n) is 6.26. The zero-order valence-corrected chi connectivity index (χ0v) is 11.2. The Balaban J connectivity index is 2.03. The smallest absolute Gasteiger partial charge is 0.110 e. The van der Waals surface area contributed by atoms with E-state index < -0.39 is 0 Å². The van der Waals surface area contributed by atoms with Gasteiger partial charge in [0.2, 0.25) is 0 Å². The molecular weight excluding hydrogens is 224 g/mol. The van der Waals surface area contributed by atoms with Crippen LogP contribution in [0.15, 0.2) is 30.6 Å². The Morgan fingerprint density at radius 3 is 2.39 bits per heavy atom. The summed E-state index contributed by atoms with van der Waals surface area (Å²) in [5.74, 6) is 0.923. The third-order valence-electron chi connectivity index (χ3n) is 3.09. The number of aryl methyl sites for hydroxylation is 3. The summed E-state index contributed by atoms with van der Waals surface area (Å²) in [4.78, 5) is 4.24. The van der Waals surface area contributed by atoms with Crippen molar-refractivity contribution >= 4 is 0 Å². The van der Waals surface area contributed by atoms with Crippen molar-refractivity contribution < 1.29 is 5.11 Å². The van der Waals surface area contributed by atoms with E-state index in [-0.39, 0.29) is 6.10 Å². The van der Waals surface area contributed by atoms with Crippen molar-refractivity contribution in [2.24, 2.45) is 7.05 Å². The van der Waals surface area contributed by atoms with E-state index in [4.69, 9.17) is 0 Å². The molecule has 0 aliphatic carbocycles. The molecule has 0 fully saturated rings. The van der Waals surface area contributed by atoms with E-state index >= 15 is 0 Å². The summed E-state index contributed by atoms with van der Waals surface area (Å²) in [6, 6.07) is 6.41. The van der Waals surface area contributed by atoms with Crippen molar-refractivity contribution in [3.8, 4) is 0 Å². The van der Waals surface area contributed by atoms with Crippen LogP contribution in [-0.4, -0.2) is 20.8 Å². The number of hydrogen-bond donors (Lipinski definition) is 1. The van der Waals surface area contributed by atoms with Gasteiger partial charge in [0.25, 0.3) is 0 Å². The van der Waals surface area contributed by atoms with Gasteiger partial charge in [0, 0.05) is 25.9 Å². The van der Waals surface area contributed by atoms with E-state index in [1.165, 1.54) is 16.7 Å². The van der Waals surface area contributed by atoms with Gasteiger partial charge in [0.05, 0.1) is 6.10 Å². The minimum absolute atomic E-state index is 0.382. The highest BCUT2D eigenvalue weighted by Gasteiger charge is 2.10. The second-order valence-electron chi connectivity index (χ2n) is 5.01. The van der Waals surface area contributed by atoms with Crippen molar-refractivity contribution in [3.63, 3.8) is 0 Å². The lowest BCUT2D eigenvalue weighted by Gasteiger charge is -2.11. The molecule has 0 spiro atoms. The Morgan fingerprint density at radius 2 is 1.83 bits per heavy atom. The van der Waals surface area contributed by atoms with Crippen LogP contribution in [0.2, 0.25) is 0 Å². The Kier molecular flexibility index (Phi) is 3.82. The minimum atomic E-state index is -0.382. The lowest BCUT2D eigenvalue weighted by Crippen LogP contribution is -2.16. The lowest BCUT2D eigenvalue weighted by molar-refractivity contribution is 0.172. The summed E-state index contributed by atoms with van der Waals surface area (Å²) in [5.41, 5.74) is 3.68. The van der Waals surface area contributed by atoms with E-state index in [9.17, 15) is 5.11 Å². The summed E-state index contributed by atoms with van der Waals surface area (Å²) in [6.07, 6.45) is 4.55. The molecule has 2 aromatic rings. The fraction of sp³-hybridized carbons (Fsp3) is 0.400. The van der Waals surface area contributed by atoms with E-state index in [1.54, 1.807) is 6.20 Å². The van der Waals surface area contributed by atoms with Crippen molar-refractivity contribution in [3.05, 3.63) is 53.1 Å². The maximum absolute atomic E-state index is 10.1. The molecule has 3 nitrogen and oxygen atoms in total. The third-order valence-corrected chi connectivity index (χ3v) is 3.09. The van der Waals surface area contributed by atoms with E-state index in [0.29, 0.717) is 12.8 Å². The summed E-state index contributed by atoms with van der Waals surface area (Å²) >= 11 is 0. The first-order chi connectivity index (χ1) is 8.54. The molecule has 1 atom stereocenters. The van der Waals surface area contributed by atoms with Gasteiger partial charge in [0.1, 0.15) is 5.82 Å². The van der Waals surface area contributed by atoms with Crippen LogP contribution >= 0.6 is 0 Å². The van der Waals surface area contributed by atoms with Crippen molar-refractivity contribution in [1.82, 2.24) is 9.55 Å². The number of aliphatic hydroxyl groups excluding tert-OH is 1. The number of aliphatic hydroxyl groups is 1. The molecule has 0 radical (unpaired) electrons.